The maximum Gasteiger partial charge on any atom is 0.254 e. The summed E-state index contributed by atoms with van der Waals surface area (Å²) >= 11 is 0. The van der Waals surface area contributed by atoms with Crippen LogP contribution >= 0.6 is 0 Å². The van der Waals surface area contributed by atoms with Gasteiger partial charge in [-0.05, 0) is 24.0 Å². The van der Waals surface area contributed by atoms with Gasteiger partial charge in [-0.1, -0.05) is 46.2 Å². The van der Waals surface area contributed by atoms with Gasteiger partial charge in [0.2, 0.25) is 5.91 Å². The van der Waals surface area contributed by atoms with Gasteiger partial charge < -0.3 is 10.2 Å². The number of nitrogens with zero attached hydrogens (tertiary/aromatic N) is 1. The van der Waals surface area contributed by atoms with Crippen LogP contribution in [-0.2, 0) is 4.79 Å². The molecular formula is C17H24N2O2. The number of anilines is 1. The molecule has 0 bridgehead atoms. The topological polar surface area (TPSA) is 49.4 Å². The van der Waals surface area contributed by atoms with Gasteiger partial charge in [-0.2, -0.15) is 0 Å². The summed E-state index contributed by atoms with van der Waals surface area (Å²) < 4.78 is 0. The quantitative estimate of drug-likeness (QED) is 0.929. The van der Waals surface area contributed by atoms with E-state index in [1.165, 1.54) is 0 Å². The lowest BCUT2D eigenvalue weighted by Gasteiger charge is -2.32. The molecule has 2 amide bonds. The van der Waals surface area contributed by atoms with Gasteiger partial charge in [0.15, 0.2) is 0 Å². The predicted molar refractivity (Wildman–Crippen MR) is 84.4 cm³/mol. The molecule has 1 atom stereocenters. The molecule has 1 aliphatic rings. The highest BCUT2D eigenvalue weighted by Gasteiger charge is 2.39. The normalized spacial score (nSPS) is 19.0. The number of carbonyl (C=O) groups excluding carboxylic acids is 2. The van der Waals surface area contributed by atoms with Crippen molar-refractivity contribution in [3.05, 3.63) is 29.8 Å². The van der Waals surface area contributed by atoms with Gasteiger partial charge in [0.25, 0.3) is 5.91 Å². The molecule has 1 heterocycles. The second-order valence-corrected chi connectivity index (χ2v) is 6.63. The minimum absolute atomic E-state index is 0.0192. The van der Waals surface area contributed by atoms with Crippen LogP contribution in [-0.4, -0.2) is 24.4 Å². The van der Waals surface area contributed by atoms with Crippen LogP contribution in [0.25, 0.3) is 0 Å². The summed E-state index contributed by atoms with van der Waals surface area (Å²) in [4.78, 5) is 27.1. The van der Waals surface area contributed by atoms with Crippen molar-refractivity contribution >= 4 is 17.5 Å². The van der Waals surface area contributed by atoms with Crippen molar-refractivity contribution in [2.75, 3.05) is 11.4 Å². The van der Waals surface area contributed by atoms with E-state index in [9.17, 15) is 9.59 Å². The van der Waals surface area contributed by atoms with Crippen LogP contribution in [0.15, 0.2) is 24.3 Å². The van der Waals surface area contributed by atoms with Gasteiger partial charge in [0.05, 0.1) is 11.3 Å². The molecule has 0 radical (unpaired) electrons. The van der Waals surface area contributed by atoms with Gasteiger partial charge in [-0.15, -0.1) is 0 Å². The summed E-state index contributed by atoms with van der Waals surface area (Å²) in [5.41, 5.74) is 0.980. The van der Waals surface area contributed by atoms with Crippen LogP contribution in [0.3, 0.4) is 0 Å². The first kappa shape index (κ1) is 15.5. The Bertz CT molecular complexity index is 546. The molecule has 0 spiro atoms. The molecule has 1 aromatic rings. The molecule has 2 rings (SSSR count). The number of rotatable bonds is 3. The Kier molecular flexibility index (Phi) is 4.35. The molecular weight excluding hydrogens is 264 g/mol. The first-order chi connectivity index (χ1) is 9.86. The third kappa shape index (κ3) is 3.09. The maximum absolute atomic E-state index is 12.9. The lowest BCUT2D eigenvalue weighted by Crippen LogP contribution is -2.53. The number of hydrogen-bond donors (Lipinski definition) is 1. The van der Waals surface area contributed by atoms with Gasteiger partial charge in [0.1, 0.15) is 6.04 Å². The van der Waals surface area contributed by atoms with Crippen LogP contribution in [0.4, 0.5) is 5.69 Å². The van der Waals surface area contributed by atoms with Crippen LogP contribution in [0.2, 0.25) is 0 Å². The van der Waals surface area contributed by atoms with Gasteiger partial charge >= 0.3 is 0 Å². The van der Waals surface area contributed by atoms with Gasteiger partial charge in [-0.3, -0.25) is 9.59 Å². The minimum atomic E-state index is -0.505. The van der Waals surface area contributed by atoms with E-state index in [1.54, 1.807) is 11.0 Å². The fourth-order valence-corrected chi connectivity index (χ4v) is 2.58. The molecule has 21 heavy (non-hydrogen) atoms. The molecule has 0 aromatic heterocycles. The monoisotopic (exact) mass is 288 g/mol. The van der Waals surface area contributed by atoms with Gasteiger partial charge in [-0.25, -0.2) is 0 Å². The lowest BCUT2D eigenvalue weighted by atomic mass is 9.86. The van der Waals surface area contributed by atoms with Crippen LogP contribution in [0.1, 0.15) is 50.9 Å². The lowest BCUT2D eigenvalue weighted by molar-refractivity contribution is -0.122. The Morgan fingerprint density at radius 2 is 1.86 bits per heavy atom. The Morgan fingerprint density at radius 1 is 1.19 bits per heavy atom. The van der Waals surface area contributed by atoms with Crippen molar-refractivity contribution in [3.63, 3.8) is 0 Å². The van der Waals surface area contributed by atoms with Crippen molar-refractivity contribution in [3.8, 4) is 0 Å². The summed E-state index contributed by atoms with van der Waals surface area (Å²) in [7, 11) is 0. The Morgan fingerprint density at radius 3 is 2.48 bits per heavy atom. The summed E-state index contributed by atoms with van der Waals surface area (Å²) in [5, 5.41) is 2.90. The number of amides is 2. The number of carbonyl (C=O) groups is 2. The zero-order chi connectivity index (χ0) is 15.6. The minimum Gasteiger partial charge on any atom is -0.340 e. The molecule has 0 saturated heterocycles. The molecule has 114 valence electrons. The first-order valence-electron chi connectivity index (χ1n) is 7.57. The number of para-hydroxylation sites is 1. The maximum atomic E-state index is 12.9. The largest absolute Gasteiger partial charge is 0.340 e. The zero-order valence-electron chi connectivity index (χ0n) is 13.3. The summed E-state index contributed by atoms with van der Waals surface area (Å²) in [5.74, 6) is -0.188. The van der Waals surface area contributed by atoms with E-state index in [0.717, 1.165) is 18.5 Å². The molecule has 1 aliphatic heterocycles. The highest BCUT2D eigenvalue weighted by atomic mass is 16.2. The number of fused-ring (bicyclic) bond motifs is 1. The molecule has 4 heteroatoms. The van der Waals surface area contributed by atoms with Crippen LogP contribution in [0.5, 0.6) is 0 Å². The van der Waals surface area contributed by atoms with Gasteiger partial charge in [0, 0.05) is 6.54 Å². The molecule has 4 nitrogen and oxygen atoms in total. The summed E-state index contributed by atoms with van der Waals surface area (Å²) in [6.45, 7) is 8.67. The fourth-order valence-electron chi connectivity index (χ4n) is 2.58. The van der Waals surface area contributed by atoms with Crippen molar-refractivity contribution in [1.82, 2.24) is 5.32 Å². The van der Waals surface area contributed by atoms with E-state index in [-0.39, 0.29) is 17.2 Å². The Balaban J connectivity index is 2.49. The molecule has 1 N–H and O–H groups in total. The first-order valence-corrected chi connectivity index (χ1v) is 7.57. The molecule has 0 aliphatic carbocycles. The van der Waals surface area contributed by atoms with Crippen LogP contribution in [0, 0.1) is 5.41 Å². The third-order valence-corrected chi connectivity index (χ3v) is 3.83. The second kappa shape index (κ2) is 5.88. The van der Waals surface area contributed by atoms with Crippen molar-refractivity contribution < 1.29 is 9.59 Å². The molecule has 0 saturated carbocycles. The van der Waals surface area contributed by atoms with Crippen molar-refractivity contribution in [2.45, 2.75) is 46.6 Å². The predicted octanol–water partition coefficient (Wildman–Crippen LogP) is 2.98. The molecule has 1 unspecified atom stereocenters. The fraction of sp³-hybridized carbons (Fsp3) is 0.529. The summed E-state index contributed by atoms with van der Waals surface area (Å²) in [6, 6.07) is 6.83. The van der Waals surface area contributed by atoms with Crippen molar-refractivity contribution in [1.29, 1.82) is 0 Å². The number of unbranched alkanes of at least 4 members (excludes halogenated alkanes) is 1. The SMILES string of the molecule is CCCCN1C(=O)C(C(C)(C)C)NC(=O)c2ccccc21. The Hall–Kier alpha value is -1.84. The van der Waals surface area contributed by atoms with E-state index in [4.69, 9.17) is 0 Å². The average molecular weight is 288 g/mol. The van der Waals surface area contributed by atoms with Crippen molar-refractivity contribution in [2.24, 2.45) is 5.41 Å². The van der Waals surface area contributed by atoms with E-state index < -0.39 is 6.04 Å². The highest BCUT2D eigenvalue weighted by Crippen LogP contribution is 2.30. The molecule has 0 fully saturated rings. The summed E-state index contributed by atoms with van der Waals surface area (Å²) in [6.07, 6.45) is 1.93. The van der Waals surface area contributed by atoms with E-state index in [1.807, 2.05) is 39.0 Å². The van der Waals surface area contributed by atoms with Crippen LogP contribution < -0.4 is 10.2 Å². The standard InChI is InChI=1S/C17H24N2O2/c1-5-6-11-19-13-10-8-7-9-12(13)15(20)18-14(16(19)21)17(2,3)4/h7-10,14H,5-6,11H2,1-4H3,(H,18,20). The zero-order valence-corrected chi connectivity index (χ0v) is 13.3. The van der Waals surface area contributed by atoms with E-state index in [2.05, 4.69) is 12.2 Å². The van der Waals surface area contributed by atoms with E-state index in [0.29, 0.717) is 12.1 Å². The highest BCUT2D eigenvalue weighted by molar-refractivity contribution is 6.11. The number of benzene rings is 1. The third-order valence-electron chi connectivity index (χ3n) is 3.83. The number of nitrogens with one attached hydrogen (secondary N) is 1. The molecule has 1 aromatic carbocycles. The Labute approximate surface area is 126 Å². The smallest absolute Gasteiger partial charge is 0.254 e. The number of hydrogen-bond acceptors (Lipinski definition) is 2. The van der Waals surface area contributed by atoms with E-state index >= 15 is 0 Å². The second-order valence-electron chi connectivity index (χ2n) is 6.63. The average Bonchev–Trinajstić information content (AvgIpc) is 2.53.